The molecule has 0 aliphatic heterocycles. The number of rotatable bonds is 8. The Bertz CT molecular complexity index is 1190. The molecular weight excluding hydrogens is 424 g/mol. The van der Waals surface area contributed by atoms with Gasteiger partial charge >= 0.3 is 0 Å². The van der Waals surface area contributed by atoms with Gasteiger partial charge in [0.15, 0.2) is 0 Å². The number of hydrogen-bond donors (Lipinski definition) is 2. The maximum Gasteiger partial charge on any atom is 0.262 e. The van der Waals surface area contributed by atoms with Crippen LogP contribution in [0, 0.1) is 13.8 Å². The van der Waals surface area contributed by atoms with Crippen molar-refractivity contribution < 1.29 is 17.9 Å². The normalized spacial score (nSPS) is 12.1. The Labute approximate surface area is 189 Å². The van der Waals surface area contributed by atoms with E-state index in [0.717, 1.165) is 16.9 Å². The summed E-state index contributed by atoms with van der Waals surface area (Å²) in [6.07, 6.45) is 0. The monoisotopic (exact) mass is 452 g/mol. The topological polar surface area (TPSA) is 84.5 Å². The van der Waals surface area contributed by atoms with Gasteiger partial charge in [-0.1, -0.05) is 35.9 Å². The average molecular weight is 453 g/mol. The van der Waals surface area contributed by atoms with Crippen LogP contribution in [-0.4, -0.2) is 20.9 Å². The lowest BCUT2D eigenvalue weighted by atomic mass is 10.1. The van der Waals surface area contributed by atoms with E-state index in [4.69, 9.17) is 4.74 Å². The quantitative estimate of drug-likeness (QED) is 0.504. The molecule has 0 unspecified atom stereocenters. The van der Waals surface area contributed by atoms with Crippen LogP contribution in [-0.2, 0) is 10.0 Å². The summed E-state index contributed by atoms with van der Waals surface area (Å²) < 4.78 is 33.9. The van der Waals surface area contributed by atoms with Crippen molar-refractivity contribution in [3.05, 3.63) is 89.0 Å². The van der Waals surface area contributed by atoms with Crippen LogP contribution in [0.4, 0.5) is 5.69 Å². The average Bonchev–Trinajstić information content (AvgIpc) is 2.76. The Morgan fingerprint density at radius 3 is 2.25 bits per heavy atom. The summed E-state index contributed by atoms with van der Waals surface area (Å²) in [5.74, 6) is 0.419. The minimum atomic E-state index is -3.85. The van der Waals surface area contributed by atoms with E-state index in [0.29, 0.717) is 17.9 Å². The highest BCUT2D eigenvalue weighted by molar-refractivity contribution is 7.92. The number of carbonyl (C=O) groups is 1. The number of ether oxygens (including phenoxy) is 1. The van der Waals surface area contributed by atoms with Gasteiger partial charge in [-0.25, -0.2) is 8.42 Å². The maximum atomic E-state index is 13.0. The van der Waals surface area contributed by atoms with Gasteiger partial charge in [-0.2, -0.15) is 0 Å². The van der Waals surface area contributed by atoms with Crippen molar-refractivity contribution in [2.24, 2.45) is 0 Å². The zero-order valence-corrected chi connectivity index (χ0v) is 19.5. The summed E-state index contributed by atoms with van der Waals surface area (Å²) >= 11 is 0. The van der Waals surface area contributed by atoms with Crippen molar-refractivity contribution in [2.45, 2.75) is 38.6 Å². The summed E-state index contributed by atoms with van der Waals surface area (Å²) in [5, 5.41) is 2.92. The molecule has 0 aromatic heterocycles. The zero-order valence-electron chi connectivity index (χ0n) is 18.7. The van der Waals surface area contributed by atoms with Gasteiger partial charge in [0, 0.05) is 11.3 Å². The highest BCUT2D eigenvalue weighted by Crippen LogP contribution is 2.22. The van der Waals surface area contributed by atoms with Gasteiger partial charge in [-0.3, -0.25) is 9.52 Å². The van der Waals surface area contributed by atoms with Crippen molar-refractivity contribution in [2.75, 3.05) is 11.3 Å². The fraction of sp³-hybridized carbons (Fsp3) is 0.240. The van der Waals surface area contributed by atoms with Crippen LogP contribution in [0.25, 0.3) is 0 Å². The van der Waals surface area contributed by atoms with Crippen LogP contribution < -0.4 is 14.8 Å². The van der Waals surface area contributed by atoms with Gasteiger partial charge in [0.05, 0.1) is 17.5 Å². The molecule has 1 atom stereocenters. The molecular formula is C25H28N2O4S. The number of amides is 1. The number of sulfonamides is 1. The van der Waals surface area contributed by atoms with Crippen LogP contribution in [0.5, 0.6) is 5.75 Å². The molecule has 0 heterocycles. The molecule has 0 aliphatic rings. The van der Waals surface area contributed by atoms with Gasteiger partial charge in [0.25, 0.3) is 15.9 Å². The highest BCUT2D eigenvalue weighted by Gasteiger charge is 2.20. The van der Waals surface area contributed by atoms with Crippen molar-refractivity contribution in [3.8, 4) is 5.75 Å². The second-order valence-electron chi connectivity index (χ2n) is 7.65. The third-order valence-electron chi connectivity index (χ3n) is 5.08. The third kappa shape index (κ3) is 5.68. The van der Waals surface area contributed by atoms with Crippen LogP contribution >= 0.6 is 0 Å². The molecule has 0 bridgehead atoms. The van der Waals surface area contributed by atoms with E-state index < -0.39 is 10.0 Å². The van der Waals surface area contributed by atoms with Gasteiger partial charge in [0.2, 0.25) is 0 Å². The van der Waals surface area contributed by atoms with E-state index in [2.05, 4.69) is 10.0 Å². The SMILES string of the molecule is CCOc1ccc([C@H](C)NC(=O)c2ccc(C)c(S(=O)(=O)Nc3ccc(C)cc3)c2)cc1. The lowest BCUT2D eigenvalue weighted by Crippen LogP contribution is -2.27. The zero-order chi connectivity index (χ0) is 23.3. The smallest absolute Gasteiger partial charge is 0.262 e. The molecule has 1 amide bonds. The Balaban J connectivity index is 1.77. The second-order valence-corrected chi connectivity index (χ2v) is 9.30. The van der Waals surface area contributed by atoms with Crippen LogP contribution in [0.1, 0.15) is 46.9 Å². The number of hydrogen-bond acceptors (Lipinski definition) is 4. The molecule has 0 spiro atoms. The fourth-order valence-electron chi connectivity index (χ4n) is 3.25. The molecule has 3 aromatic carbocycles. The van der Waals surface area contributed by atoms with Gasteiger partial charge in [-0.05, 0) is 75.2 Å². The maximum absolute atomic E-state index is 13.0. The fourth-order valence-corrected chi connectivity index (χ4v) is 4.58. The Morgan fingerprint density at radius 1 is 0.969 bits per heavy atom. The van der Waals surface area contributed by atoms with Crippen molar-refractivity contribution in [1.29, 1.82) is 0 Å². The lowest BCUT2D eigenvalue weighted by molar-refractivity contribution is 0.0939. The van der Waals surface area contributed by atoms with E-state index in [1.807, 2.05) is 57.2 Å². The van der Waals surface area contributed by atoms with Crippen LogP contribution in [0.3, 0.4) is 0 Å². The minimum Gasteiger partial charge on any atom is -0.494 e. The third-order valence-corrected chi connectivity index (χ3v) is 6.61. The van der Waals surface area contributed by atoms with Crippen molar-refractivity contribution in [3.63, 3.8) is 0 Å². The van der Waals surface area contributed by atoms with Crippen LogP contribution in [0.15, 0.2) is 71.6 Å². The second kappa shape index (κ2) is 9.87. The van der Waals surface area contributed by atoms with Gasteiger partial charge < -0.3 is 10.1 Å². The molecule has 0 radical (unpaired) electrons. The molecule has 7 heteroatoms. The molecule has 0 saturated heterocycles. The summed E-state index contributed by atoms with van der Waals surface area (Å²) in [6, 6.07) is 19.0. The summed E-state index contributed by atoms with van der Waals surface area (Å²) in [7, 11) is -3.85. The van der Waals surface area contributed by atoms with Gasteiger partial charge in [-0.15, -0.1) is 0 Å². The van der Waals surface area contributed by atoms with E-state index in [9.17, 15) is 13.2 Å². The molecule has 32 heavy (non-hydrogen) atoms. The van der Waals surface area contributed by atoms with Crippen LogP contribution in [0.2, 0.25) is 0 Å². The standard InChI is InChI=1S/C25H28N2O4S/c1-5-31-23-14-10-20(11-15-23)19(4)26-25(28)21-9-8-18(3)24(16-21)32(29,30)27-22-12-6-17(2)7-13-22/h6-16,19,27H,5H2,1-4H3,(H,26,28)/t19-/m0/s1. The van der Waals surface area contributed by atoms with Crippen molar-refractivity contribution >= 4 is 21.6 Å². The minimum absolute atomic E-state index is 0.0689. The van der Waals surface area contributed by atoms with E-state index >= 15 is 0 Å². The number of carbonyl (C=O) groups excluding carboxylic acids is 1. The molecule has 0 saturated carbocycles. The summed E-state index contributed by atoms with van der Waals surface area (Å²) in [5.41, 5.74) is 3.25. The van der Waals surface area contributed by atoms with E-state index in [-0.39, 0.29) is 22.4 Å². The number of nitrogens with one attached hydrogen (secondary N) is 2. The lowest BCUT2D eigenvalue weighted by Gasteiger charge is -2.16. The summed E-state index contributed by atoms with van der Waals surface area (Å²) in [6.45, 7) is 8.01. The van der Waals surface area contributed by atoms with Gasteiger partial charge in [0.1, 0.15) is 5.75 Å². The largest absolute Gasteiger partial charge is 0.494 e. The number of benzene rings is 3. The summed E-state index contributed by atoms with van der Waals surface area (Å²) in [4.78, 5) is 12.9. The molecule has 3 rings (SSSR count). The first-order valence-corrected chi connectivity index (χ1v) is 11.9. The Morgan fingerprint density at radius 2 is 1.62 bits per heavy atom. The molecule has 168 valence electrons. The number of anilines is 1. The first-order valence-electron chi connectivity index (χ1n) is 10.4. The Hall–Kier alpha value is -3.32. The van der Waals surface area contributed by atoms with Crippen molar-refractivity contribution in [1.82, 2.24) is 5.32 Å². The molecule has 0 aliphatic carbocycles. The molecule has 0 fully saturated rings. The first-order chi connectivity index (χ1) is 15.2. The van der Waals surface area contributed by atoms with E-state index in [1.165, 1.54) is 6.07 Å². The predicted octanol–water partition coefficient (Wildman–Crippen LogP) is 4.99. The van der Waals surface area contributed by atoms with E-state index in [1.54, 1.807) is 31.2 Å². The predicted molar refractivity (Wildman–Crippen MR) is 127 cm³/mol. The Kier molecular flexibility index (Phi) is 7.20. The highest BCUT2D eigenvalue weighted by atomic mass is 32.2. The molecule has 2 N–H and O–H groups in total. The molecule has 6 nitrogen and oxygen atoms in total. The first kappa shape index (κ1) is 23.3. The number of aryl methyl sites for hydroxylation is 2. The molecule has 3 aromatic rings.